The summed E-state index contributed by atoms with van der Waals surface area (Å²) in [6.45, 7) is 1.99. The maximum atomic E-state index is 5.23. The van der Waals surface area contributed by atoms with Crippen LogP contribution in [0, 0.1) is 0 Å². The first-order valence-corrected chi connectivity index (χ1v) is 3.38. The van der Waals surface area contributed by atoms with E-state index < -0.39 is 0 Å². The van der Waals surface area contributed by atoms with Crippen LogP contribution in [0.15, 0.2) is 11.6 Å². The quantitative estimate of drug-likeness (QED) is 0.595. The van der Waals surface area contributed by atoms with E-state index in [9.17, 15) is 0 Å². The Kier molecular flexibility index (Phi) is 7.91. The van der Waals surface area contributed by atoms with Crippen LogP contribution in [0.2, 0.25) is 0 Å². The minimum Gasteiger partial charge on any atom is -0.377 e. The van der Waals surface area contributed by atoms with E-state index in [4.69, 9.17) is 22.1 Å². The van der Waals surface area contributed by atoms with Gasteiger partial charge in [0.05, 0.1) is 6.61 Å². The summed E-state index contributed by atoms with van der Waals surface area (Å²) in [6.07, 6.45) is 2.66. The molecule has 0 aromatic carbocycles. The van der Waals surface area contributed by atoms with Gasteiger partial charge in [0.2, 0.25) is 0 Å². The van der Waals surface area contributed by atoms with Crippen LogP contribution in [-0.4, -0.2) is 19.8 Å². The molecule has 9 heavy (non-hydrogen) atoms. The Balaban J connectivity index is 2.75. The number of ether oxygens (including phenoxy) is 1. The lowest BCUT2D eigenvalue weighted by Gasteiger charge is -1.96. The Bertz CT molecular complexity index is 75.5. The van der Waals surface area contributed by atoms with Crippen molar-refractivity contribution in [3.05, 3.63) is 11.6 Å². The fourth-order valence-corrected chi connectivity index (χ4v) is 0.446. The number of halogens is 1. The van der Waals surface area contributed by atoms with Gasteiger partial charge in [-0.1, -0.05) is 11.6 Å². The molecule has 54 valence electrons. The predicted octanol–water partition coefficient (Wildman–Crippen LogP) is 1.10. The normalized spacial score (nSPS) is 10.9. The van der Waals surface area contributed by atoms with E-state index in [2.05, 4.69) is 0 Å². The Labute approximate surface area is 60.6 Å². The zero-order chi connectivity index (χ0) is 6.95. The molecule has 0 rings (SSSR count). The van der Waals surface area contributed by atoms with Gasteiger partial charge in [-0.25, -0.2) is 0 Å². The van der Waals surface area contributed by atoms with Crippen LogP contribution >= 0.6 is 11.6 Å². The van der Waals surface area contributed by atoms with E-state index in [1.54, 1.807) is 6.08 Å². The number of hydrogen-bond acceptors (Lipinski definition) is 2. The molecular formula is C6H12ClNO. The fraction of sp³-hybridized carbons (Fsp3) is 0.667. The lowest BCUT2D eigenvalue weighted by atomic mass is 10.5. The second-order valence-electron chi connectivity index (χ2n) is 1.58. The Morgan fingerprint density at radius 3 is 2.89 bits per heavy atom. The Hall–Kier alpha value is -0.0500. The van der Waals surface area contributed by atoms with Gasteiger partial charge in [-0.2, -0.15) is 0 Å². The maximum absolute atomic E-state index is 5.23. The van der Waals surface area contributed by atoms with Gasteiger partial charge in [-0.3, -0.25) is 0 Å². The lowest BCUT2D eigenvalue weighted by molar-refractivity contribution is 0.161. The fourth-order valence-electron chi connectivity index (χ4n) is 0.373. The van der Waals surface area contributed by atoms with Gasteiger partial charge in [0.15, 0.2) is 0 Å². The second-order valence-corrected chi connectivity index (χ2v) is 1.83. The number of nitrogens with two attached hydrogens (primary N) is 1. The molecule has 0 radical (unpaired) electrons. The number of rotatable bonds is 5. The summed E-state index contributed by atoms with van der Waals surface area (Å²) in [4.78, 5) is 0. The van der Waals surface area contributed by atoms with E-state index in [1.807, 2.05) is 0 Å². The Morgan fingerprint density at radius 2 is 2.33 bits per heavy atom. The van der Waals surface area contributed by atoms with Gasteiger partial charge in [-0.15, -0.1) is 0 Å². The molecule has 0 aliphatic heterocycles. The topological polar surface area (TPSA) is 35.2 Å². The van der Waals surface area contributed by atoms with Crippen molar-refractivity contribution < 1.29 is 4.74 Å². The molecule has 3 heteroatoms. The van der Waals surface area contributed by atoms with Crippen LogP contribution < -0.4 is 5.73 Å². The van der Waals surface area contributed by atoms with E-state index in [0.717, 1.165) is 13.0 Å². The molecule has 0 bridgehead atoms. The maximum Gasteiger partial charge on any atom is 0.0658 e. The third kappa shape index (κ3) is 7.95. The molecule has 0 fully saturated rings. The van der Waals surface area contributed by atoms with Gasteiger partial charge >= 0.3 is 0 Å². The van der Waals surface area contributed by atoms with Crippen LogP contribution in [0.3, 0.4) is 0 Å². The highest BCUT2D eigenvalue weighted by atomic mass is 35.5. The molecule has 2 nitrogen and oxygen atoms in total. The van der Waals surface area contributed by atoms with Gasteiger partial charge in [0, 0.05) is 12.1 Å². The minimum atomic E-state index is 0.587. The van der Waals surface area contributed by atoms with E-state index in [0.29, 0.717) is 13.2 Å². The Morgan fingerprint density at radius 1 is 1.56 bits per heavy atom. The predicted molar refractivity (Wildman–Crippen MR) is 39.5 cm³/mol. The lowest BCUT2D eigenvalue weighted by Crippen LogP contribution is -2.03. The zero-order valence-corrected chi connectivity index (χ0v) is 6.10. The van der Waals surface area contributed by atoms with E-state index >= 15 is 0 Å². The summed E-state index contributed by atoms with van der Waals surface area (Å²) in [7, 11) is 0. The molecule has 0 atom stereocenters. The van der Waals surface area contributed by atoms with Crippen molar-refractivity contribution in [1.29, 1.82) is 0 Å². The molecule has 0 saturated carbocycles. The average Bonchev–Trinajstić information content (AvgIpc) is 1.89. The zero-order valence-electron chi connectivity index (χ0n) is 5.35. The molecule has 0 aromatic heterocycles. The van der Waals surface area contributed by atoms with Crippen molar-refractivity contribution in [3.8, 4) is 0 Å². The summed E-state index contributed by atoms with van der Waals surface area (Å²) < 4.78 is 5.06. The third-order valence-corrected chi connectivity index (χ3v) is 0.974. The highest BCUT2D eigenvalue weighted by Gasteiger charge is 1.81. The van der Waals surface area contributed by atoms with Crippen LogP contribution in [0.5, 0.6) is 0 Å². The molecular weight excluding hydrogens is 138 g/mol. The van der Waals surface area contributed by atoms with Crippen molar-refractivity contribution >= 4 is 11.6 Å². The molecule has 0 spiro atoms. The summed E-state index contributed by atoms with van der Waals surface area (Å²) in [5, 5.41) is 0. The van der Waals surface area contributed by atoms with Gasteiger partial charge in [-0.05, 0) is 19.0 Å². The molecule has 0 aliphatic rings. The van der Waals surface area contributed by atoms with Crippen LogP contribution in [-0.2, 0) is 4.74 Å². The molecule has 0 saturated heterocycles. The molecule has 0 unspecified atom stereocenters. The smallest absolute Gasteiger partial charge is 0.0658 e. The minimum absolute atomic E-state index is 0.587. The molecule has 0 aliphatic carbocycles. The highest BCUT2D eigenvalue weighted by Crippen LogP contribution is 1.82. The van der Waals surface area contributed by atoms with Gasteiger partial charge in [0.1, 0.15) is 0 Å². The standard InChI is InChI=1S/C6H12ClNO/c7-3-1-5-9-6-2-4-8/h1,3H,2,4-6,8H2. The molecule has 0 amide bonds. The average molecular weight is 150 g/mol. The van der Waals surface area contributed by atoms with Crippen LogP contribution in [0.1, 0.15) is 6.42 Å². The SMILES string of the molecule is NCCCOCC=CCl. The van der Waals surface area contributed by atoms with Crippen molar-refractivity contribution in [1.82, 2.24) is 0 Å². The van der Waals surface area contributed by atoms with E-state index in [-0.39, 0.29) is 0 Å². The van der Waals surface area contributed by atoms with Crippen LogP contribution in [0.4, 0.5) is 0 Å². The summed E-state index contributed by atoms with van der Waals surface area (Å²) in [5.74, 6) is 0. The summed E-state index contributed by atoms with van der Waals surface area (Å²) in [5.41, 5.74) is 6.67. The first-order valence-electron chi connectivity index (χ1n) is 2.95. The van der Waals surface area contributed by atoms with Gasteiger partial charge < -0.3 is 10.5 Å². The van der Waals surface area contributed by atoms with Crippen molar-refractivity contribution in [2.24, 2.45) is 5.73 Å². The van der Waals surface area contributed by atoms with E-state index in [1.165, 1.54) is 5.54 Å². The number of hydrogen-bond donors (Lipinski definition) is 1. The highest BCUT2D eigenvalue weighted by molar-refractivity contribution is 6.25. The monoisotopic (exact) mass is 149 g/mol. The summed E-state index contributed by atoms with van der Waals surface area (Å²) >= 11 is 5.23. The van der Waals surface area contributed by atoms with Crippen molar-refractivity contribution in [2.75, 3.05) is 19.8 Å². The van der Waals surface area contributed by atoms with Crippen molar-refractivity contribution in [2.45, 2.75) is 6.42 Å². The van der Waals surface area contributed by atoms with Crippen LogP contribution in [0.25, 0.3) is 0 Å². The van der Waals surface area contributed by atoms with Gasteiger partial charge in [0.25, 0.3) is 0 Å². The molecule has 2 N–H and O–H groups in total. The summed E-state index contributed by atoms with van der Waals surface area (Å²) in [6, 6.07) is 0. The second kappa shape index (κ2) is 7.95. The molecule has 0 aromatic rings. The van der Waals surface area contributed by atoms with Crippen molar-refractivity contribution in [3.63, 3.8) is 0 Å². The first-order chi connectivity index (χ1) is 4.41. The first kappa shape index (κ1) is 8.95. The molecule has 0 heterocycles. The third-order valence-electron chi connectivity index (χ3n) is 0.796. The largest absolute Gasteiger partial charge is 0.377 e.